The Morgan fingerprint density at radius 3 is 2.32 bits per heavy atom. The number of esters is 1. The Morgan fingerprint density at radius 2 is 1.65 bits per heavy atom. The number of benzene rings is 3. The Labute approximate surface area is 205 Å². The van der Waals surface area contributed by atoms with E-state index in [4.69, 9.17) is 14.2 Å². The van der Waals surface area contributed by atoms with E-state index >= 15 is 0 Å². The molecular formula is C26H22BrNO6. The summed E-state index contributed by atoms with van der Waals surface area (Å²) in [6.45, 7) is -0.170. The maximum atomic E-state index is 12.5. The third-order valence-corrected chi connectivity index (χ3v) is 5.94. The van der Waals surface area contributed by atoms with E-state index in [9.17, 15) is 14.4 Å². The molecule has 0 aliphatic carbocycles. The van der Waals surface area contributed by atoms with E-state index in [-0.39, 0.29) is 31.3 Å². The molecule has 0 radical (unpaired) electrons. The number of carbonyl (C=O) groups excluding carboxylic acids is 3. The number of nitrogens with zero attached hydrogens (tertiary/aromatic N) is 1. The van der Waals surface area contributed by atoms with Crippen molar-refractivity contribution in [3.63, 3.8) is 0 Å². The van der Waals surface area contributed by atoms with Crippen molar-refractivity contribution in [1.29, 1.82) is 0 Å². The number of para-hydroxylation sites is 2. The Kier molecular flexibility index (Phi) is 7.27. The van der Waals surface area contributed by atoms with Crippen LogP contribution in [0.15, 0.2) is 77.3 Å². The monoisotopic (exact) mass is 523 g/mol. The third kappa shape index (κ3) is 5.46. The fourth-order valence-electron chi connectivity index (χ4n) is 3.61. The highest BCUT2D eigenvalue weighted by atomic mass is 79.9. The number of rotatable bonds is 8. The van der Waals surface area contributed by atoms with Crippen molar-refractivity contribution in [2.45, 2.75) is 6.42 Å². The molecule has 1 unspecified atom stereocenters. The van der Waals surface area contributed by atoms with E-state index in [0.717, 1.165) is 4.47 Å². The number of halogens is 1. The Morgan fingerprint density at radius 1 is 0.971 bits per heavy atom. The minimum absolute atomic E-state index is 0.0325. The summed E-state index contributed by atoms with van der Waals surface area (Å²) >= 11 is 3.31. The SMILES string of the molecule is COc1ccccc1Oc1ccc(N2CC(C(=O)OCC(=O)c3ccc(Br)cc3)CC2=O)cc1. The Balaban J connectivity index is 1.34. The van der Waals surface area contributed by atoms with Crippen LogP contribution in [0.3, 0.4) is 0 Å². The fourth-order valence-corrected chi connectivity index (χ4v) is 3.88. The molecule has 1 amide bonds. The number of carbonyl (C=O) groups is 3. The van der Waals surface area contributed by atoms with Crippen LogP contribution in [-0.2, 0) is 14.3 Å². The lowest BCUT2D eigenvalue weighted by atomic mass is 10.1. The molecule has 0 bridgehead atoms. The third-order valence-electron chi connectivity index (χ3n) is 5.42. The zero-order valence-electron chi connectivity index (χ0n) is 18.4. The Hall–Kier alpha value is -3.65. The minimum Gasteiger partial charge on any atom is -0.493 e. The average Bonchev–Trinajstić information content (AvgIpc) is 3.25. The average molecular weight is 524 g/mol. The quantitative estimate of drug-likeness (QED) is 0.304. The van der Waals surface area contributed by atoms with Crippen LogP contribution in [0.25, 0.3) is 0 Å². The molecule has 7 nitrogen and oxygen atoms in total. The number of anilines is 1. The summed E-state index contributed by atoms with van der Waals surface area (Å²) in [5.74, 6) is 0.110. The summed E-state index contributed by atoms with van der Waals surface area (Å²) in [4.78, 5) is 38.8. The second-order valence-corrected chi connectivity index (χ2v) is 8.61. The summed E-state index contributed by atoms with van der Waals surface area (Å²) < 4.78 is 17.2. The largest absolute Gasteiger partial charge is 0.493 e. The van der Waals surface area contributed by atoms with Gasteiger partial charge in [0.25, 0.3) is 0 Å². The molecule has 1 fully saturated rings. The second kappa shape index (κ2) is 10.5. The normalized spacial score (nSPS) is 15.2. The maximum absolute atomic E-state index is 12.5. The zero-order chi connectivity index (χ0) is 24.1. The molecule has 1 heterocycles. The topological polar surface area (TPSA) is 82.1 Å². The number of methoxy groups -OCH3 is 1. The summed E-state index contributed by atoms with van der Waals surface area (Å²) in [6.07, 6.45) is 0.0325. The second-order valence-electron chi connectivity index (χ2n) is 7.69. The highest BCUT2D eigenvalue weighted by Gasteiger charge is 2.36. The summed E-state index contributed by atoms with van der Waals surface area (Å²) in [5.41, 5.74) is 1.11. The molecule has 3 aromatic rings. The van der Waals surface area contributed by atoms with Gasteiger partial charge in [0.1, 0.15) is 5.75 Å². The van der Waals surface area contributed by atoms with Gasteiger partial charge in [-0.3, -0.25) is 14.4 Å². The van der Waals surface area contributed by atoms with Gasteiger partial charge in [-0.2, -0.15) is 0 Å². The van der Waals surface area contributed by atoms with Gasteiger partial charge in [-0.15, -0.1) is 0 Å². The molecule has 1 atom stereocenters. The van der Waals surface area contributed by atoms with Crippen LogP contribution < -0.4 is 14.4 Å². The van der Waals surface area contributed by atoms with E-state index in [0.29, 0.717) is 28.5 Å². The predicted molar refractivity (Wildman–Crippen MR) is 129 cm³/mol. The minimum atomic E-state index is -0.630. The predicted octanol–water partition coefficient (Wildman–Crippen LogP) is 5.03. The number of ether oxygens (including phenoxy) is 3. The smallest absolute Gasteiger partial charge is 0.311 e. The molecule has 0 N–H and O–H groups in total. The van der Waals surface area contributed by atoms with Gasteiger partial charge in [0.2, 0.25) is 5.91 Å². The van der Waals surface area contributed by atoms with Crippen molar-refractivity contribution in [1.82, 2.24) is 0 Å². The van der Waals surface area contributed by atoms with Gasteiger partial charge in [-0.1, -0.05) is 40.2 Å². The standard InChI is InChI=1S/C26H22BrNO6/c1-32-23-4-2-3-5-24(23)34-21-12-10-20(11-13-21)28-15-18(14-25(28)30)26(31)33-16-22(29)17-6-8-19(27)9-7-17/h2-13,18H,14-16H2,1H3. The van der Waals surface area contributed by atoms with Crippen LogP contribution in [0.1, 0.15) is 16.8 Å². The van der Waals surface area contributed by atoms with E-state index in [1.165, 1.54) is 4.90 Å². The van der Waals surface area contributed by atoms with Crippen LogP contribution >= 0.6 is 15.9 Å². The van der Waals surface area contributed by atoms with Crippen LogP contribution in [0.2, 0.25) is 0 Å². The van der Waals surface area contributed by atoms with E-state index in [1.807, 2.05) is 12.1 Å². The van der Waals surface area contributed by atoms with E-state index in [1.54, 1.807) is 67.8 Å². The van der Waals surface area contributed by atoms with Crippen LogP contribution in [-0.4, -0.2) is 37.9 Å². The molecule has 174 valence electrons. The maximum Gasteiger partial charge on any atom is 0.311 e. The molecule has 3 aromatic carbocycles. The number of hydrogen-bond acceptors (Lipinski definition) is 6. The van der Waals surface area contributed by atoms with Gasteiger partial charge in [0, 0.05) is 28.7 Å². The Bertz CT molecular complexity index is 1190. The first-order valence-corrected chi connectivity index (χ1v) is 11.4. The first kappa shape index (κ1) is 23.5. The number of ketones is 1. The number of hydrogen-bond donors (Lipinski definition) is 0. The molecule has 1 aliphatic heterocycles. The van der Waals surface area contributed by atoms with Crippen molar-refractivity contribution >= 4 is 39.3 Å². The van der Waals surface area contributed by atoms with Gasteiger partial charge in [0.15, 0.2) is 23.9 Å². The highest BCUT2D eigenvalue weighted by molar-refractivity contribution is 9.10. The van der Waals surface area contributed by atoms with Crippen LogP contribution in [0, 0.1) is 5.92 Å². The molecule has 0 saturated carbocycles. The zero-order valence-corrected chi connectivity index (χ0v) is 20.0. The molecule has 34 heavy (non-hydrogen) atoms. The summed E-state index contributed by atoms with van der Waals surface area (Å²) in [7, 11) is 1.57. The van der Waals surface area contributed by atoms with Crippen LogP contribution in [0.5, 0.6) is 17.2 Å². The van der Waals surface area contributed by atoms with Gasteiger partial charge >= 0.3 is 5.97 Å². The fraction of sp³-hybridized carbons (Fsp3) is 0.192. The van der Waals surface area contributed by atoms with Crippen molar-refractivity contribution in [2.75, 3.05) is 25.2 Å². The number of Topliss-reactive ketones (excluding diaryl/α,β-unsaturated/α-hetero) is 1. The lowest BCUT2D eigenvalue weighted by molar-refractivity contribution is -0.147. The summed E-state index contributed by atoms with van der Waals surface area (Å²) in [5, 5.41) is 0. The van der Waals surface area contributed by atoms with Gasteiger partial charge in [-0.05, 0) is 48.5 Å². The first-order valence-electron chi connectivity index (χ1n) is 10.6. The van der Waals surface area contributed by atoms with Gasteiger partial charge < -0.3 is 19.1 Å². The first-order chi connectivity index (χ1) is 16.4. The lowest BCUT2D eigenvalue weighted by Crippen LogP contribution is -2.27. The highest BCUT2D eigenvalue weighted by Crippen LogP contribution is 2.33. The van der Waals surface area contributed by atoms with E-state index in [2.05, 4.69) is 15.9 Å². The molecule has 1 aliphatic rings. The van der Waals surface area contributed by atoms with E-state index < -0.39 is 11.9 Å². The van der Waals surface area contributed by atoms with Gasteiger partial charge in [-0.25, -0.2) is 0 Å². The van der Waals surface area contributed by atoms with Crippen molar-refractivity contribution in [3.05, 3.63) is 82.8 Å². The number of amides is 1. The van der Waals surface area contributed by atoms with Crippen molar-refractivity contribution in [3.8, 4) is 17.2 Å². The summed E-state index contributed by atoms with van der Waals surface area (Å²) in [6, 6.07) is 21.1. The lowest BCUT2D eigenvalue weighted by Gasteiger charge is -2.17. The van der Waals surface area contributed by atoms with Crippen molar-refractivity contribution < 1.29 is 28.6 Å². The molecule has 0 spiro atoms. The molecule has 8 heteroatoms. The van der Waals surface area contributed by atoms with Crippen molar-refractivity contribution in [2.24, 2.45) is 5.92 Å². The van der Waals surface area contributed by atoms with Crippen LogP contribution in [0.4, 0.5) is 5.69 Å². The molecule has 0 aromatic heterocycles. The molecule has 1 saturated heterocycles. The van der Waals surface area contributed by atoms with Gasteiger partial charge in [0.05, 0.1) is 13.0 Å². The molecule has 4 rings (SSSR count). The molecular weight excluding hydrogens is 502 g/mol.